The van der Waals surface area contributed by atoms with Crippen molar-refractivity contribution in [2.75, 3.05) is 26.3 Å². The molecule has 0 aromatic heterocycles. The molecule has 3 rings (SSSR count). The van der Waals surface area contributed by atoms with Gasteiger partial charge in [-0.1, -0.05) is 5.16 Å². The molecule has 2 bridgehead atoms. The van der Waals surface area contributed by atoms with Crippen LogP contribution in [0.1, 0.15) is 19.3 Å². The van der Waals surface area contributed by atoms with Crippen molar-refractivity contribution in [3.05, 3.63) is 0 Å². The topological polar surface area (TPSA) is 45.1 Å². The van der Waals surface area contributed by atoms with Gasteiger partial charge in [-0.25, -0.2) is 0 Å². The number of morpholine rings is 1. The zero-order valence-electron chi connectivity index (χ0n) is 8.93. The quantitative estimate of drug-likeness (QED) is 0.517. The summed E-state index contributed by atoms with van der Waals surface area (Å²) in [6, 6.07) is 0.414. The third-order valence-corrected chi connectivity index (χ3v) is 4.20. The van der Waals surface area contributed by atoms with E-state index in [9.17, 15) is 0 Å². The minimum absolute atomic E-state index is 0.414. The number of ether oxygens (including phenoxy) is 1. The standard InChI is InChI=1S/C11H18N2O2/c14-12-10-8-1-2-9(7-8)11(10)13-3-5-15-6-4-13/h8-9,11,14H,1-7H2/b12-10-/t8-,9-,11+/m1/s1. The smallest absolute Gasteiger partial charge is 0.0775 e. The van der Waals surface area contributed by atoms with Gasteiger partial charge in [0.05, 0.1) is 25.0 Å². The van der Waals surface area contributed by atoms with E-state index < -0.39 is 0 Å². The Kier molecular flexibility index (Phi) is 2.41. The summed E-state index contributed by atoms with van der Waals surface area (Å²) in [5, 5.41) is 12.7. The molecule has 4 heteroatoms. The molecule has 0 aromatic carbocycles. The van der Waals surface area contributed by atoms with Crippen molar-refractivity contribution < 1.29 is 9.94 Å². The van der Waals surface area contributed by atoms with Crippen molar-refractivity contribution >= 4 is 5.71 Å². The van der Waals surface area contributed by atoms with E-state index in [4.69, 9.17) is 9.94 Å². The Morgan fingerprint density at radius 1 is 1.27 bits per heavy atom. The lowest BCUT2D eigenvalue weighted by Gasteiger charge is -2.36. The van der Waals surface area contributed by atoms with Gasteiger partial charge in [-0.3, -0.25) is 4.90 Å². The molecule has 4 nitrogen and oxygen atoms in total. The Labute approximate surface area is 89.9 Å². The largest absolute Gasteiger partial charge is 0.411 e. The predicted molar refractivity (Wildman–Crippen MR) is 56.2 cm³/mol. The molecule has 0 spiro atoms. The van der Waals surface area contributed by atoms with E-state index in [1.807, 2.05) is 0 Å². The summed E-state index contributed by atoms with van der Waals surface area (Å²) in [6.45, 7) is 3.64. The Morgan fingerprint density at radius 3 is 2.80 bits per heavy atom. The molecule has 3 aliphatic rings. The van der Waals surface area contributed by atoms with Crippen molar-refractivity contribution in [3.63, 3.8) is 0 Å². The van der Waals surface area contributed by atoms with Gasteiger partial charge in [0.25, 0.3) is 0 Å². The van der Waals surface area contributed by atoms with Gasteiger partial charge in [0.15, 0.2) is 0 Å². The van der Waals surface area contributed by atoms with E-state index in [1.165, 1.54) is 19.3 Å². The molecule has 1 heterocycles. The lowest BCUT2D eigenvalue weighted by atomic mass is 9.92. The second kappa shape index (κ2) is 3.76. The van der Waals surface area contributed by atoms with E-state index >= 15 is 0 Å². The fourth-order valence-corrected chi connectivity index (χ4v) is 3.54. The predicted octanol–water partition coefficient (Wildman–Crippen LogP) is 0.947. The molecule has 0 radical (unpaired) electrons. The van der Waals surface area contributed by atoms with Gasteiger partial charge in [-0.2, -0.15) is 0 Å². The maximum Gasteiger partial charge on any atom is 0.0775 e. The summed E-state index contributed by atoms with van der Waals surface area (Å²) in [7, 11) is 0. The summed E-state index contributed by atoms with van der Waals surface area (Å²) < 4.78 is 5.36. The maximum atomic E-state index is 9.12. The zero-order valence-corrected chi connectivity index (χ0v) is 8.93. The van der Waals surface area contributed by atoms with Crippen LogP contribution in [0.15, 0.2) is 5.16 Å². The van der Waals surface area contributed by atoms with Crippen LogP contribution in [-0.4, -0.2) is 48.2 Å². The van der Waals surface area contributed by atoms with Crippen LogP contribution < -0.4 is 0 Å². The highest BCUT2D eigenvalue weighted by molar-refractivity contribution is 5.94. The first-order valence-corrected chi connectivity index (χ1v) is 5.94. The van der Waals surface area contributed by atoms with Crippen LogP contribution >= 0.6 is 0 Å². The Morgan fingerprint density at radius 2 is 2.07 bits per heavy atom. The van der Waals surface area contributed by atoms with Gasteiger partial charge in [-0.05, 0) is 25.2 Å². The first-order valence-electron chi connectivity index (χ1n) is 5.94. The fraction of sp³-hybridized carbons (Fsp3) is 0.909. The summed E-state index contributed by atoms with van der Waals surface area (Å²) >= 11 is 0. The second-order valence-electron chi connectivity index (χ2n) is 4.89. The minimum atomic E-state index is 0.414. The fourth-order valence-electron chi connectivity index (χ4n) is 3.54. The molecule has 1 aliphatic heterocycles. The average molecular weight is 210 g/mol. The van der Waals surface area contributed by atoms with E-state index in [-0.39, 0.29) is 0 Å². The van der Waals surface area contributed by atoms with Gasteiger partial charge < -0.3 is 9.94 Å². The number of rotatable bonds is 1. The number of fused-ring (bicyclic) bond motifs is 2. The Bertz CT molecular complexity index is 274. The highest BCUT2D eigenvalue weighted by Crippen LogP contribution is 2.45. The molecule has 0 aromatic rings. The minimum Gasteiger partial charge on any atom is -0.411 e. The molecule has 2 saturated carbocycles. The van der Waals surface area contributed by atoms with E-state index in [2.05, 4.69) is 10.1 Å². The third kappa shape index (κ3) is 1.47. The van der Waals surface area contributed by atoms with Crippen LogP contribution in [-0.2, 0) is 4.74 Å². The van der Waals surface area contributed by atoms with Gasteiger partial charge in [0.1, 0.15) is 0 Å². The first kappa shape index (κ1) is 9.60. The monoisotopic (exact) mass is 210 g/mol. The third-order valence-electron chi connectivity index (χ3n) is 4.20. The van der Waals surface area contributed by atoms with Gasteiger partial charge >= 0.3 is 0 Å². The normalized spacial score (nSPS) is 44.0. The van der Waals surface area contributed by atoms with Crippen LogP contribution in [0.2, 0.25) is 0 Å². The zero-order chi connectivity index (χ0) is 10.3. The maximum absolute atomic E-state index is 9.12. The Balaban J connectivity index is 1.79. The van der Waals surface area contributed by atoms with Crippen molar-refractivity contribution in [1.29, 1.82) is 0 Å². The molecule has 1 N–H and O–H groups in total. The second-order valence-corrected chi connectivity index (χ2v) is 4.89. The highest BCUT2D eigenvalue weighted by atomic mass is 16.5. The molecule has 2 aliphatic carbocycles. The summed E-state index contributed by atoms with van der Waals surface area (Å²) in [6.07, 6.45) is 3.78. The summed E-state index contributed by atoms with van der Waals surface area (Å²) in [5.41, 5.74) is 1.05. The molecule has 1 saturated heterocycles. The van der Waals surface area contributed by atoms with Crippen LogP contribution in [0.3, 0.4) is 0 Å². The number of oxime groups is 1. The summed E-state index contributed by atoms with van der Waals surface area (Å²) in [4.78, 5) is 2.45. The van der Waals surface area contributed by atoms with Crippen molar-refractivity contribution in [3.8, 4) is 0 Å². The van der Waals surface area contributed by atoms with Crippen molar-refractivity contribution in [2.45, 2.75) is 25.3 Å². The highest BCUT2D eigenvalue weighted by Gasteiger charge is 2.48. The number of hydrogen-bond acceptors (Lipinski definition) is 4. The SMILES string of the molecule is O/N=C1/[C@@H]2CC[C@H](C2)[C@@H]1N1CCOCC1. The lowest BCUT2D eigenvalue weighted by molar-refractivity contribution is 0.0199. The average Bonchev–Trinajstić information content (AvgIpc) is 2.89. The van der Waals surface area contributed by atoms with Crippen LogP contribution in [0.4, 0.5) is 0 Å². The molecule has 3 atom stereocenters. The first-order chi connectivity index (χ1) is 7.40. The van der Waals surface area contributed by atoms with Crippen molar-refractivity contribution in [2.24, 2.45) is 17.0 Å². The van der Waals surface area contributed by atoms with E-state index in [1.54, 1.807) is 0 Å². The Hall–Kier alpha value is -0.610. The van der Waals surface area contributed by atoms with Gasteiger partial charge in [-0.15, -0.1) is 0 Å². The number of nitrogens with zero attached hydrogens (tertiary/aromatic N) is 2. The summed E-state index contributed by atoms with van der Waals surface area (Å²) in [5.74, 6) is 1.30. The molecular weight excluding hydrogens is 192 g/mol. The molecule has 84 valence electrons. The molecule has 3 fully saturated rings. The number of hydrogen-bond donors (Lipinski definition) is 1. The van der Waals surface area contributed by atoms with Crippen molar-refractivity contribution in [1.82, 2.24) is 4.90 Å². The van der Waals surface area contributed by atoms with Crippen LogP contribution in [0.25, 0.3) is 0 Å². The molecule has 15 heavy (non-hydrogen) atoms. The molecule has 0 unspecified atom stereocenters. The van der Waals surface area contributed by atoms with Gasteiger partial charge in [0, 0.05) is 19.0 Å². The molecule has 0 amide bonds. The van der Waals surface area contributed by atoms with Crippen LogP contribution in [0.5, 0.6) is 0 Å². The molecular formula is C11H18N2O2. The van der Waals surface area contributed by atoms with Crippen LogP contribution in [0, 0.1) is 11.8 Å². The van der Waals surface area contributed by atoms with E-state index in [0.717, 1.165) is 37.9 Å². The lowest BCUT2D eigenvalue weighted by Crippen LogP contribution is -2.49. The van der Waals surface area contributed by atoms with Gasteiger partial charge in [0.2, 0.25) is 0 Å². The van der Waals surface area contributed by atoms with E-state index in [0.29, 0.717) is 12.0 Å².